The summed E-state index contributed by atoms with van der Waals surface area (Å²) in [5.41, 5.74) is -1.04. The first-order valence-electron chi connectivity index (χ1n) is 4.15. The third-order valence-electron chi connectivity index (χ3n) is 1.79. The predicted octanol–water partition coefficient (Wildman–Crippen LogP) is 1.99. The van der Waals surface area contributed by atoms with Gasteiger partial charge in [0, 0.05) is 0 Å². The second-order valence-electron chi connectivity index (χ2n) is 4.06. The lowest BCUT2D eigenvalue weighted by Gasteiger charge is -2.18. The summed E-state index contributed by atoms with van der Waals surface area (Å²) in [4.78, 5) is 9.75. The summed E-state index contributed by atoms with van der Waals surface area (Å²) < 4.78 is 14.5. The van der Waals surface area contributed by atoms with E-state index in [0.717, 1.165) is 4.68 Å². The van der Waals surface area contributed by atoms with E-state index in [1.807, 2.05) is 0 Å². The quantitative estimate of drug-likeness (QED) is 0.515. The average Bonchev–Trinajstić information content (AvgIpc) is 2.24. The molecule has 0 N–H and O–H groups in total. The molecule has 0 saturated heterocycles. The van der Waals surface area contributed by atoms with Gasteiger partial charge in [-0.25, -0.2) is 4.68 Å². The molecule has 78 valence electrons. The van der Waals surface area contributed by atoms with Crippen LogP contribution in [0.5, 0.6) is 0 Å². The molecule has 6 heteroatoms. The zero-order valence-corrected chi connectivity index (χ0v) is 8.54. The normalized spacial score (nSPS) is 11.8. The molecule has 0 spiro atoms. The van der Waals surface area contributed by atoms with Crippen LogP contribution in [0.1, 0.15) is 26.5 Å². The highest BCUT2D eigenvalue weighted by atomic mass is 19.1. The molecule has 0 unspecified atom stereocenters. The molecule has 1 aromatic heterocycles. The zero-order chi connectivity index (χ0) is 11.1. The van der Waals surface area contributed by atoms with E-state index in [2.05, 4.69) is 5.10 Å². The van der Waals surface area contributed by atoms with E-state index in [0.29, 0.717) is 0 Å². The molecule has 0 aliphatic heterocycles. The second-order valence-corrected chi connectivity index (χ2v) is 4.06. The molecule has 14 heavy (non-hydrogen) atoms. The summed E-state index contributed by atoms with van der Waals surface area (Å²) in [7, 11) is 0. The van der Waals surface area contributed by atoms with Gasteiger partial charge in [-0.15, -0.1) is 0 Å². The summed E-state index contributed by atoms with van der Waals surface area (Å²) in [5, 5.41) is 14.3. The molecule has 0 aliphatic carbocycles. The Morgan fingerprint density at radius 3 is 2.21 bits per heavy atom. The molecule has 0 aliphatic rings. The molecule has 0 saturated carbocycles. The minimum Gasteiger partial charge on any atom is -0.258 e. The van der Waals surface area contributed by atoms with Gasteiger partial charge in [0.25, 0.3) is 5.95 Å². The molecule has 0 aromatic carbocycles. The number of aromatic nitrogens is 2. The van der Waals surface area contributed by atoms with Gasteiger partial charge in [0.1, 0.15) is 5.69 Å². The Balaban J connectivity index is 3.39. The maximum Gasteiger partial charge on any atom is 0.346 e. The molecular formula is C8H12FN3O2. The van der Waals surface area contributed by atoms with Crippen LogP contribution in [0.3, 0.4) is 0 Å². The van der Waals surface area contributed by atoms with Crippen molar-refractivity contribution in [2.24, 2.45) is 0 Å². The average molecular weight is 201 g/mol. The molecule has 0 radical (unpaired) electrons. The Kier molecular flexibility index (Phi) is 2.31. The highest BCUT2D eigenvalue weighted by Crippen LogP contribution is 2.25. The van der Waals surface area contributed by atoms with E-state index in [-0.39, 0.29) is 5.69 Å². The Bertz CT molecular complexity index is 379. The Labute approximate surface area is 80.7 Å². The molecule has 1 rings (SSSR count). The van der Waals surface area contributed by atoms with Crippen molar-refractivity contribution in [2.45, 2.75) is 33.2 Å². The molecule has 0 bridgehead atoms. The number of hydrogen-bond donors (Lipinski definition) is 0. The van der Waals surface area contributed by atoms with Crippen molar-refractivity contribution in [1.29, 1.82) is 0 Å². The second kappa shape index (κ2) is 3.04. The van der Waals surface area contributed by atoms with E-state index in [9.17, 15) is 14.5 Å². The van der Waals surface area contributed by atoms with Crippen molar-refractivity contribution in [3.8, 4) is 0 Å². The fourth-order valence-corrected chi connectivity index (χ4v) is 1.14. The smallest absolute Gasteiger partial charge is 0.258 e. The molecular weight excluding hydrogens is 189 g/mol. The van der Waals surface area contributed by atoms with Gasteiger partial charge in [-0.1, -0.05) is 0 Å². The Morgan fingerprint density at radius 1 is 1.50 bits per heavy atom. The van der Waals surface area contributed by atoms with Crippen LogP contribution in [0.2, 0.25) is 0 Å². The Hall–Kier alpha value is -1.46. The maximum absolute atomic E-state index is 13.5. The minimum absolute atomic E-state index is 0.0995. The highest BCUT2D eigenvalue weighted by molar-refractivity contribution is 5.33. The first-order chi connectivity index (χ1) is 6.25. The van der Waals surface area contributed by atoms with Crippen LogP contribution in [0.25, 0.3) is 0 Å². The minimum atomic E-state index is -0.889. The molecule has 0 amide bonds. The fraction of sp³-hybridized carbons (Fsp3) is 0.625. The van der Waals surface area contributed by atoms with Crippen LogP contribution >= 0.6 is 0 Å². The summed E-state index contributed by atoms with van der Waals surface area (Å²) in [6.45, 7) is 6.61. The van der Waals surface area contributed by atoms with Gasteiger partial charge in [0.15, 0.2) is 0 Å². The summed E-state index contributed by atoms with van der Waals surface area (Å²) in [6.07, 6.45) is 0. The van der Waals surface area contributed by atoms with Crippen LogP contribution in [0.4, 0.5) is 10.1 Å². The van der Waals surface area contributed by atoms with E-state index < -0.39 is 22.1 Å². The highest BCUT2D eigenvalue weighted by Gasteiger charge is 2.30. The van der Waals surface area contributed by atoms with E-state index in [1.54, 1.807) is 20.8 Å². The zero-order valence-electron chi connectivity index (χ0n) is 8.54. The third-order valence-corrected chi connectivity index (χ3v) is 1.79. The summed E-state index contributed by atoms with van der Waals surface area (Å²) in [5.74, 6) is -0.889. The maximum atomic E-state index is 13.5. The van der Waals surface area contributed by atoms with Crippen molar-refractivity contribution in [1.82, 2.24) is 9.78 Å². The third kappa shape index (κ3) is 1.59. The topological polar surface area (TPSA) is 61.0 Å². The molecule has 0 atom stereocenters. The lowest BCUT2D eigenvalue weighted by molar-refractivity contribution is -0.388. The van der Waals surface area contributed by atoms with Crippen molar-refractivity contribution < 1.29 is 9.31 Å². The van der Waals surface area contributed by atoms with Crippen LogP contribution in [-0.2, 0) is 5.54 Å². The van der Waals surface area contributed by atoms with E-state index in [1.165, 1.54) is 6.92 Å². The molecule has 1 heterocycles. The van der Waals surface area contributed by atoms with Crippen LogP contribution in [0.15, 0.2) is 0 Å². The van der Waals surface area contributed by atoms with E-state index >= 15 is 0 Å². The fourth-order valence-electron chi connectivity index (χ4n) is 1.14. The number of nitrogens with zero attached hydrogens (tertiary/aromatic N) is 3. The lowest BCUT2D eigenvalue weighted by Crippen LogP contribution is -2.25. The molecule has 1 aromatic rings. The SMILES string of the molecule is Cc1nn(C(C)(C)C)c(F)c1[N+](=O)[O-]. The van der Waals surface area contributed by atoms with Crippen LogP contribution in [-0.4, -0.2) is 14.7 Å². The Morgan fingerprint density at radius 2 is 2.00 bits per heavy atom. The van der Waals surface area contributed by atoms with Gasteiger partial charge >= 0.3 is 5.69 Å². The van der Waals surface area contributed by atoms with Crippen molar-refractivity contribution in [3.63, 3.8) is 0 Å². The first-order valence-corrected chi connectivity index (χ1v) is 4.15. The first kappa shape index (κ1) is 10.6. The van der Waals surface area contributed by atoms with Crippen molar-refractivity contribution >= 4 is 5.69 Å². The van der Waals surface area contributed by atoms with Gasteiger partial charge in [0.05, 0.1) is 10.5 Å². The van der Waals surface area contributed by atoms with Gasteiger partial charge < -0.3 is 0 Å². The lowest BCUT2D eigenvalue weighted by atomic mass is 10.1. The van der Waals surface area contributed by atoms with Crippen LogP contribution < -0.4 is 0 Å². The number of aryl methyl sites for hydroxylation is 1. The molecule has 0 fully saturated rings. The van der Waals surface area contributed by atoms with Crippen molar-refractivity contribution in [2.75, 3.05) is 0 Å². The van der Waals surface area contributed by atoms with E-state index in [4.69, 9.17) is 0 Å². The molecule has 5 nitrogen and oxygen atoms in total. The van der Waals surface area contributed by atoms with Crippen LogP contribution in [0, 0.1) is 23.0 Å². The van der Waals surface area contributed by atoms with Crippen molar-refractivity contribution in [3.05, 3.63) is 21.8 Å². The predicted molar refractivity (Wildman–Crippen MR) is 48.6 cm³/mol. The standard InChI is InChI=1S/C8H12FN3O2/c1-5-6(12(13)14)7(9)11(10-5)8(2,3)4/h1-4H3. The van der Waals surface area contributed by atoms with Gasteiger partial charge in [0.2, 0.25) is 0 Å². The van der Waals surface area contributed by atoms with Gasteiger partial charge in [-0.3, -0.25) is 10.1 Å². The number of halogens is 1. The van der Waals surface area contributed by atoms with Gasteiger partial charge in [-0.2, -0.15) is 9.49 Å². The number of rotatable bonds is 1. The monoisotopic (exact) mass is 201 g/mol. The van der Waals surface area contributed by atoms with Gasteiger partial charge in [-0.05, 0) is 27.7 Å². The summed E-state index contributed by atoms with van der Waals surface area (Å²) >= 11 is 0. The number of nitro groups is 1. The number of hydrogen-bond acceptors (Lipinski definition) is 3. The summed E-state index contributed by atoms with van der Waals surface area (Å²) in [6, 6.07) is 0. The largest absolute Gasteiger partial charge is 0.346 e.